The molecule has 10 heteroatoms. The molecule has 1 atom stereocenters. The molecule has 0 bridgehead atoms. The molecule has 2 aromatic heterocycles. The maximum absolute atomic E-state index is 13.6. The molecular weight excluding hydrogens is 382 g/mol. The fourth-order valence-electron chi connectivity index (χ4n) is 3.79. The lowest BCUT2D eigenvalue weighted by molar-refractivity contribution is -0.122. The smallest absolute Gasteiger partial charge is 0.345 e. The van der Waals surface area contributed by atoms with Crippen LogP contribution in [-0.2, 0) is 24.3 Å². The zero-order valence-corrected chi connectivity index (χ0v) is 16.0. The van der Waals surface area contributed by atoms with E-state index in [1.807, 2.05) is 0 Å². The van der Waals surface area contributed by atoms with E-state index >= 15 is 0 Å². The average molecular weight is 404 g/mol. The lowest BCUT2D eigenvalue weighted by Gasteiger charge is -2.15. The molecular formula is C19H22F2N6O2. The van der Waals surface area contributed by atoms with Crippen LogP contribution in [0.15, 0.2) is 29.1 Å². The molecule has 3 aromatic rings. The molecule has 0 saturated carbocycles. The topological polar surface area (TPSA) is 86.7 Å². The SMILES string of the molecule is CC(NC(=O)Cn1nc2n(c1=O)CCCCC2)c1nc2ccccc2n1C(F)F. The Morgan fingerprint density at radius 2 is 2.03 bits per heavy atom. The Morgan fingerprint density at radius 3 is 2.83 bits per heavy atom. The van der Waals surface area contributed by atoms with E-state index in [1.54, 1.807) is 35.8 Å². The highest BCUT2D eigenvalue weighted by Gasteiger charge is 2.24. The van der Waals surface area contributed by atoms with Crippen LogP contribution in [-0.4, -0.2) is 29.8 Å². The Morgan fingerprint density at radius 1 is 1.24 bits per heavy atom. The standard InChI is InChI=1S/C19H22F2N6O2/c1-12(17-23-13-7-4-5-8-14(13)27(17)18(20)21)22-16(28)11-26-19(29)25-10-6-2-3-9-15(25)24-26/h4-5,7-8,12,18H,2-3,6,9-11H2,1H3,(H,22,28). The average Bonchev–Trinajstić information content (AvgIpc) is 3.11. The van der Waals surface area contributed by atoms with Crippen LogP contribution in [0.2, 0.25) is 0 Å². The molecule has 4 rings (SSSR count). The number of aryl methyl sites for hydroxylation is 1. The number of nitrogens with zero attached hydrogens (tertiary/aromatic N) is 5. The summed E-state index contributed by atoms with van der Waals surface area (Å²) in [6.45, 7) is -0.866. The quantitative estimate of drug-likeness (QED) is 0.708. The maximum Gasteiger partial charge on any atom is 0.346 e. The van der Waals surface area contributed by atoms with Crippen molar-refractivity contribution in [2.75, 3.05) is 0 Å². The Bertz CT molecular complexity index is 1100. The van der Waals surface area contributed by atoms with Crippen LogP contribution in [0.3, 0.4) is 0 Å². The largest absolute Gasteiger partial charge is 0.346 e. The third-order valence-electron chi connectivity index (χ3n) is 5.16. The lowest BCUT2D eigenvalue weighted by Crippen LogP contribution is -2.35. The first-order valence-electron chi connectivity index (χ1n) is 9.66. The lowest BCUT2D eigenvalue weighted by atomic mass is 10.2. The number of rotatable bonds is 5. The summed E-state index contributed by atoms with van der Waals surface area (Å²) in [5.41, 5.74) is 0.412. The highest BCUT2D eigenvalue weighted by Crippen LogP contribution is 2.26. The summed E-state index contributed by atoms with van der Waals surface area (Å²) in [5.74, 6) is 0.260. The van der Waals surface area contributed by atoms with Crippen molar-refractivity contribution in [2.45, 2.75) is 58.3 Å². The van der Waals surface area contributed by atoms with Gasteiger partial charge in [-0.05, 0) is 31.9 Å². The van der Waals surface area contributed by atoms with Gasteiger partial charge in [0.1, 0.15) is 18.2 Å². The van der Waals surface area contributed by atoms with Crippen LogP contribution in [0.1, 0.15) is 50.4 Å². The van der Waals surface area contributed by atoms with Crippen molar-refractivity contribution < 1.29 is 13.6 Å². The van der Waals surface area contributed by atoms with Gasteiger partial charge in [-0.1, -0.05) is 18.6 Å². The predicted molar refractivity (Wildman–Crippen MR) is 102 cm³/mol. The molecule has 1 N–H and O–H groups in total. The van der Waals surface area contributed by atoms with Gasteiger partial charge < -0.3 is 5.32 Å². The van der Waals surface area contributed by atoms with Crippen LogP contribution >= 0.6 is 0 Å². The van der Waals surface area contributed by atoms with Crippen molar-refractivity contribution in [3.05, 3.63) is 46.4 Å². The van der Waals surface area contributed by atoms with Crippen LogP contribution in [0, 0.1) is 0 Å². The third kappa shape index (κ3) is 3.66. The number of fused-ring (bicyclic) bond motifs is 2. The number of carbonyl (C=O) groups is 1. The summed E-state index contributed by atoms with van der Waals surface area (Å²) in [5, 5.41) is 6.93. The van der Waals surface area contributed by atoms with Gasteiger partial charge in [0.15, 0.2) is 0 Å². The third-order valence-corrected chi connectivity index (χ3v) is 5.16. The van der Waals surface area contributed by atoms with Crippen molar-refractivity contribution in [3.8, 4) is 0 Å². The van der Waals surface area contributed by atoms with Crippen LogP contribution < -0.4 is 11.0 Å². The number of carbonyl (C=O) groups excluding carboxylic acids is 1. The van der Waals surface area contributed by atoms with Gasteiger partial charge in [-0.25, -0.2) is 14.5 Å². The summed E-state index contributed by atoms with van der Waals surface area (Å²) < 4.78 is 30.8. The Hall–Kier alpha value is -3.04. The minimum absolute atomic E-state index is 0.0579. The highest BCUT2D eigenvalue weighted by atomic mass is 19.3. The molecule has 1 aromatic carbocycles. The van der Waals surface area contributed by atoms with Gasteiger partial charge in [0.2, 0.25) is 5.91 Å². The summed E-state index contributed by atoms with van der Waals surface area (Å²) in [4.78, 5) is 29.2. The summed E-state index contributed by atoms with van der Waals surface area (Å²) in [6.07, 6.45) is 3.62. The normalized spacial score (nSPS) is 15.3. The molecule has 1 aliphatic heterocycles. The molecule has 29 heavy (non-hydrogen) atoms. The number of imidazole rings is 1. The first-order chi connectivity index (χ1) is 14.0. The molecule has 154 valence electrons. The van der Waals surface area contributed by atoms with Crippen molar-refractivity contribution in [3.63, 3.8) is 0 Å². The van der Waals surface area contributed by atoms with E-state index in [4.69, 9.17) is 0 Å². The van der Waals surface area contributed by atoms with Crippen LogP contribution in [0.25, 0.3) is 11.0 Å². The number of aromatic nitrogens is 5. The number of nitrogens with one attached hydrogen (secondary N) is 1. The summed E-state index contributed by atoms with van der Waals surface area (Å²) >= 11 is 0. The Kier molecular flexibility index (Phi) is 5.16. The second kappa shape index (κ2) is 7.76. The van der Waals surface area contributed by atoms with Gasteiger partial charge in [-0.3, -0.25) is 13.9 Å². The molecule has 0 aliphatic carbocycles. The molecule has 0 spiro atoms. The zero-order chi connectivity index (χ0) is 20.5. The first-order valence-corrected chi connectivity index (χ1v) is 9.66. The minimum Gasteiger partial charge on any atom is -0.345 e. The predicted octanol–water partition coefficient (Wildman–Crippen LogP) is 2.39. The monoisotopic (exact) mass is 404 g/mol. The van der Waals surface area contributed by atoms with E-state index in [9.17, 15) is 18.4 Å². The molecule has 0 radical (unpaired) electrons. The summed E-state index contributed by atoms with van der Waals surface area (Å²) in [7, 11) is 0. The van der Waals surface area contributed by atoms with Crippen molar-refractivity contribution in [1.82, 2.24) is 29.2 Å². The Balaban J connectivity index is 1.53. The number of halogens is 2. The van der Waals surface area contributed by atoms with Crippen LogP contribution in [0.5, 0.6) is 0 Å². The van der Waals surface area contributed by atoms with Gasteiger partial charge in [-0.2, -0.15) is 13.9 Å². The van der Waals surface area contributed by atoms with Crippen molar-refractivity contribution in [1.29, 1.82) is 0 Å². The van der Waals surface area contributed by atoms with Gasteiger partial charge in [-0.15, -0.1) is 0 Å². The van der Waals surface area contributed by atoms with Gasteiger partial charge in [0.05, 0.1) is 17.1 Å². The number of hydrogen-bond donors (Lipinski definition) is 1. The highest BCUT2D eigenvalue weighted by molar-refractivity contribution is 5.78. The number of alkyl halides is 2. The van der Waals surface area contributed by atoms with Crippen molar-refractivity contribution >= 4 is 16.9 Å². The van der Waals surface area contributed by atoms with E-state index < -0.39 is 18.5 Å². The Labute approximate surface area is 165 Å². The minimum atomic E-state index is -2.79. The number of benzene rings is 1. The summed E-state index contributed by atoms with van der Waals surface area (Å²) in [6, 6.07) is 5.81. The fourth-order valence-corrected chi connectivity index (χ4v) is 3.79. The molecule has 1 amide bonds. The van der Waals surface area contributed by atoms with Crippen molar-refractivity contribution in [2.24, 2.45) is 0 Å². The second-order valence-corrected chi connectivity index (χ2v) is 7.21. The van der Waals surface area contributed by atoms with E-state index in [0.29, 0.717) is 29.8 Å². The van der Waals surface area contributed by atoms with E-state index in [-0.39, 0.29) is 18.1 Å². The molecule has 0 saturated heterocycles. The maximum atomic E-state index is 13.6. The number of para-hydroxylation sites is 2. The molecule has 3 heterocycles. The van der Waals surface area contributed by atoms with Gasteiger partial charge in [0, 0.05) is 13.0 Å². The van der Waals surface area contributed by atoms with Gasteiger partial charge in [0.25, 0.3) is 0 Å². The van der Waals surface area contributed by atoms with E-state index in [0.717, 1.165) is 28.5 Å². The van der Waals surface area contributed by atoms with E-state index in [2.05, 4.69) is 15.4 Å². The molecule has 8 nitrogen and oxygen atoms in total. The zero-order valence-electron chi connectivity index (χ0n) is 16.0. The first kappa shape index (κ1) is 19.3. The molecule has 0 fully saturated rings. The fraction of sp³-hybridized carbons (Fsp3) is 0.474. The second-order valence-electron chi connectivity index (χ2n) is 7.21. The molecule has 1 aliphatic rings. The molecule has 1 unspecified atom stereocenters. The van der Waals surface area contributed by atoms with Crippen LogP contribution in [0.4, 0.5) is 8.78 Å². The van der Waals surface area contributed by atoms with E-state index in [1.165, 1.54) is 0 Å². The number of hydrogen-bond acceptors (Lipinski definition) is 4. The number of amides is 1. The van der Waals surface area contributed by atoms with Gasteiger partial charge >= 0.3 is 12.2 Å².